The lowest BCUT2D eigenvalue weighted by Crippen LogP contribution is -2.48. The molecule has 0 aliphatic heterocycles. The summed E-state index contributed by atoms with van der Waals surface area (Å²) in [5.74, 6) is -0.504. The van der Waals surface area contributed by atoms with Crippen molar-refractivity contribution in [2.24, 2.45) is 0 Å². The second-order valence-electron chi connectivity index (χ2n) is 23.7. The fraction of sp³-hybridized carbons (Fsp3) is 0.928. The summed E-state index contributed by atoms with van der Waals surface area (Å²) in [6.45, 7) is 4.23. The fourth-order valence-electron chi connectivity index (χ4n) is 11.0. The van der Waals surface area contributed by atoms with E-state index in [4.69, 9.17) is 0 Å². The number of rotatable bonds is 64. The topological polar surface area (TPSA) is 89.8 Å². The molecule has 440 valence electrons. The Morgan fingerprint density at radius 1 is 0.324 bits per heavy atom. The summed E-state index contributed by atoms with van der Waals surface area (Å²) in [7, 11) is 0. The van der Waals surface area contributed by atoms with Crippen LogP contribution in [-0.4, -0.2) is 46.1 Å². The van der Waals surface area contributed by atoms with E-state index in [2.05, 4.69) is 31.3 Å². The SMILES string of the molecule is CCCCCCCCCCCCCCCCCCCC/C=C/CC/C=C/C(O)C(CO)NC(=O)C(O)CCCCCCCCCCCCCCCCCCCCCCCCCCCCCCCCCCCCCC. The minimum atomic E-state index is -1.10. The van der Waals surface area contributed by atoms with Gasteiger partial charge in [0.1, 0.15) is 6.10 Å². The van der Waals surface area contributed by atoms with Crippen LogP contribution in [0, 0.1) is 0 Å². The first-order valence-corrected chi connectivity index (χ1v) is 34.2. The summed E-state index contributed by atoms with van der Waals surface area (Å²) < 4.78 is 0. The molecule has 1 amide bonds. The van der Waals surface area contributed by atoms with Gasteiger partial charge < -0.3 is 20.6 Å². The lowest BCUT2D eigenvalue weighted by Gasteiger charge is -2.21. The van der Waals surface area contributed by atoms with Crippen molar-refractivity contribution in [1.82, 2.24) is 5.32 Å². The highest BCUT2D eigenvalue weighted by Gasteiger charge is 2.22. The molecule has 5 heteroatoms. The van der Waals surface area contributed by atoms with Crippen molar-refractivity contribution in [3.63, 3.8) is 0 Å². The maximum absolute atomic E-state index is 12.6. The van der Waals surface area contributed by atoms with Gasteiger partial charge in [0.2, 0.25) is 5.91 Å². The molecule has 0 aliphatic rings. The van der Waals surface area contributed by atoms with Crippen molar-refractivity contribution in [2.75, 3.05) is 6.61 Å². The molecule has 0 radical (unpaired) electrons. The average Bonchev–Trinajstić information content (AvgIpc) is 3.41. The molecule has 0 fully saturated rings. The summed E-state index contributed by atoms with van der Waals surface area (Å²) in [6.07, 6.45) is 84.7. The summed E-state index contributed by atoms with van der Waals surface area (Å²) in [5, 5.41) is 33.5. The molecule has 0 aromatic carbocycles. The number of aliphatic hydroxyl groups excluding tert-OH is 3. The highest BCUT2D eigenvalue weighted by molar-refractivity contribution is 5.80. The molecule has 3 unspecified atom stereocenters. The maximum Gasteiger partial charge on any atom is 0.249 e. The minimum absolute atomic E-state index is 0.372. The standard InChI is InChI=1S/C69H135NO4/c1-3-5-7-9-11-13-15-17-19-21-23-25-27-29-30-31-32-33-34-35-36-37-38-39-40-42-44-46-48-50-52-54-56-58-60-62-64-68(73)69(74)70-66(65-71)67(72)63-61-59-57-55-53-51-49-47-45-43-41-28-26-24-22-20-18-16-14-12-10-8-6-4-2/h53,55,61,63,66-68,71-73H,3-52,54,56-60,62,64-65H2,1-2H3,(H,70,74)/b55-53+,63-61+. The van der Waals surface area contributed by atoms with Crippen LogP contribution < -0.4 is 5.32 Å². The molecule has 0 saturated carbocycles. The second kappa shape index (κ2) is 64.4. The van der Waals surface area contributed by atoms with E-state index in [1.54, 1.807) is 6.08 Å². The maximum atomic E-state index is 12.6. The largest absolute Gasteiger partial charge is 0.394 e. The number of unbranched alkanes of at least 4 members (excludes halogenated alkanes) is 54. The van der Waals surface area contributed by atoms with Gasteiger partial charge in [-0.2, -0.15) is 0 Å². The normalized spacial score (nSPS) is 13.2. The summed E-state index contributed by atoms with van der Waals surface area (Å²) >= 11 is 0. The Morgan fingerprint density at radius 2 is 0.554 bits per heavy atom. The number of hydrogen-bond donors (Lipinski definition) is 4. The number of amides is 1. The van der Waals surface area contributed by atoms with Crippen LogP contribution >= 0.6 is 0 Å². The summed E-state index contributed by atoms with van der Waals surface area (Å²) in [5.41, 5.74) is 0. The van der Waals surface area contributed by atoms with Crippen molar-refractivity contribution < 1.29 is 20.1 Å². The molecule has 0 saturated heterocycles. The van der Waals surface area contributed by atoms with E-state index in [1.807, 2.05) is 6.08 Å². The molecule has 4 N–H and O–H groups in total. The highest BCUT2D eigenvalue weighted by Crippen LogP contribution is 2.19. The Hall–Kier alpha value is -1.17. The first kappa shape index (κ1) is 72.8. The van der Waals surface area contributed by atoms with Crippen molar-refractivity contribution in [2.45, 2.75) is 405 Å². The van der Waals surface area contributed by atoms with Gasteiger partial charge in [-0.3, -0.25) is 4.79 Å². The van der Waals surface area contributed by atoms with Crippen LogP contribution in [0.25, 0.3) is 0 Å². The molecule has 0 aliphatic carbocycles. The molecule has 0 heterocycles. The highest BCUT2D eigenvalue weighted by atomic mass is 16.3. The van der Waals surface area contributed by atoms with Gasteiger partial charge >= 0.3 is 0 Å². The van der Waals surface area contributed by atoms with Gasteiger partial charge in [-0.1, -0.05) is 378 Å². The second-order valence-corrected chi connectivity index (χ2v) is 23.7. The Kier molecular flexibility index (Phi) is 63.3. The number of aliphatic hydroxyl groups is 3. The molecular formula is C69H135NO4. The molecular weight excluding hydrogens is 907 g/mol. The minimum Gasteiger partial charge on any atom is -0.394 e. The van der Waals surface area contributed by atoms with Crippen molar-refractivity contribution in [3.8, 4) is 0 Å². The van der Waals surface area contributed by atoms with Crippen LogP contribution in [0.3, 0.4) is 0 Å². The van der Waals surface area contributed by atoms with Gasteiger partial charge in [-0.05, 0) is 32.1 Å². The van der Waals surface area contributed by atoms with Gasteiger partial charge in [0, 0.05) is 0 Å². The Balaban J connectivity index is 3.48. The molecule has 0 aromatic heterocycles. The van der Waals surface area contributed by atoms with E-state index in [0.29, 0.717) is 6.42 Å². The van der Waals surface area contributed by atoms with Crippen LogP contribution in [0.15, 0.2) is 24.3 Å². The third-order valence-corrected chi connectivity index (χ3v) is 16.3. The van der Waals surface area contributed by atoms with Crippen LogP contribution in [0.2, 0.25) is 0 Å². The third kappa shape index (κ3) is 58.5. The molecule has 0 bridgehead atoms. The number of carbonyl (C=O) groups is 1. The van der Waals surface area contributed by atoms with E-state index in [0.717, 1.165) is 38.5 Å². The smallest absolute Gasteiger partial charge is 0.249 e. The number of allylic oxidation sites excluding steroid dienone is 3. The van der Waals surface area contributed by atoms with Gasteiger partial charge in [-0.25, -0.2) is 0 Å². The van der Waals surface area contributed by atoms with E-state index in [1.165, 1.54) is 327 Å². The number of nitrogens with one attached hydrogen (secondary N) is 1. The predicted molar refractivity (Wildman–Crippen MR) is 328 cm³/mol. The predicted octanol–water partition coefficient (Wildman–Crippen LogP) is 22.0. The monoisotopic (exact) mass is 1040 g/mol. The summed E-state index contributed by atoms with van der Waals surface area (Å²) in [6, 6.07) is -0.814. The quantitative estimate of drug-likeness (QED) is 0.0361. The lowest BCUT2D eigenvalue weighted by atomic mass is 10.0. The van der Waals surface area contributed by atoms with E-state index >= 15 is 0 Å². The first-order chi connectivity index (χ1) is 36.6. The Morgan fingerprint density at radius 3 is 0.824 bits per heavy atom. The van der Waals surface area contributed by atoms with E-state index in [9.17, 15) is 20.1 Å². The van der Waals surface area contributed by atoms with Gasteiger partial charge in [-0.15, -0.1) is 0 Å². The van der Waals surface area contributed by atoms with Gasteiger partial charge in [0.05, 0.1) is 18.8 Å². The fourth-order valence-corrected chi connectivity index (χ4v) is 11.0. The van der Waals surface area contributed by atoms with Crippen molar-refractivity contribution >= 4 is 5.91 Å². The average molecular weight is 1040 g/mol. The first-order valence-electron chi connectivity index (χ1n) is 34.2. The van der Waals surface area contributed by atoms with Crippen LogP contribution in [0.4, 0.5) is 0 Å². The Labute approximate surface area is 464 Å². The molecule has 0 rings (SSSR count). The van der Waals surface area contributed by atoms with Gasteiger partial charge in [0.25, 0.3) is 0 Å². The van der Waals surface area contributed by atoms with Crippen LogP contribution in [0.5, 0.6) is 0 Å². The van der Waals surface area contributed by atoms with E-state index < -0.39 is 24.2 Å². The zero-order chi connectivity index (χ0) is 53.6. The van der Waals surface area contributed by atoms with Crippen LogP contribution in [0.1, 0.15) is 386 Å². The lowest BCUT2D eigenvalue weighted by molar-refractivity contribution is -0.131. The van der Waals surface area contributed by atoms with Crippen LogP contribution in [-0.2, 0) is 4.79 Å². The van der Waals surface area contributed by atoms with Gasteiger partial charge in [0.15, 0.2) is 0 Å². The number of hydrogen-bond acceptors (Lipinski definition) is 4. The van der Waals surface area contributed by atoms with Crippen molar-refractivity contribution in [3.05, 3.63) is 24.3 Å². The Bertz CT molecular complexity index is 1110. The van der Waals surface area contributed by atoms with E-state index in [-0.39, 0.29) is 6.61 Å². The molecule has 0 aromatic rings. The van der Waals surface area contributed by atoms with Crippen molar-refractivity contribution in [1.29, 1.82) is 0 Å². The molecule has 74 heavy (non-hydrogen) atoms. The molecule has 3 atom stereocenters. The molecule has 0 spiro atoms. The number of carbonyl (C=O) groups excluding carboxylic acids is 1. The zero-order valence-corrected chi connectivity index (χ0v) is 50.5. The third-order valence-electron chi connectivity index (χ3n) is 16.3. The zero-order valence-electron chi connectivity index (χ0n) is 50.5. The summed E-state index contributed by atoms with van der Waals surface area (Å²) in [4.78, 5) is 12.6. The molecule has 5 nitrogen and oxygen atoms in total.